The van der Waals surface area contributed by atoms with Gasteiger partial charge >= 0.3 is 6.03 Å². The summed E-state index contributed by atoms with van der Waals surface area (Å²) in [4.78, 5) is 26.3. The zero-order valence-corrected chi connectivity index (χ0v) is 10.8. The molecule has 0 radical (unpaired) electrons. The summed E-state index contributed by atoms with van der Waals surface area (Å²) in [6, 6.07) is 3.70. The van der Waals surface area contributed by atoms with Crippen molar-refractivity contribution < 1.29 is 14.7 Å². The SMILES string of the molecule is O=C1NCC(N=Cc2cc(Br)ccc2O)C(=O)N1. The second kappa shape index (κ2) is 5.18. The van der Waals surface area contributed by atoms with Gasteiger partial charge < -0.3 is 10.4 Å². The molecule has 0 spiro atoms. The number of amides is 3. The molecule has 0 aromatic heterocycles. The highest BCUT2D eigenvalue weighted by atomic mass is 79.9. The molecule has 0 saturated carbocycles. The van der Waals surface area contributed by atoms with Gasteiger partial charge in [0.2, 0.25) is 0 Å². The van der Waals surface area contributed by atoms with E-state index in [1.807, 2.05) is 0 Å². The normalized spacial score (nSPS) is 19.7. The number of nitrogens with one attached hydrogen (secondary N) is 2. The Hall–Kier alpha value is -1.89. The number of carbonyl (C=O) groups excluding carboxylic acids is 2. The molecule has 94 valence electrons. The fourth-order valence-electron chi connectivity index (χ4n) is 1.44. The number of benzene rings is 1. The second-order valence-corrected chi connectivity index (χ2v) is 4.61. The molecule has 1 heterocycles. The van der Waals surface area contributed by atoms with Crippen LogP contribution < -0.4 is 10.6 Å². The Balaban J connectivity index is 2.13. The van der Waals surface area contributed by atoms with E-state index in [9.17, 15) is 14.7 Å². The lowest BCUT2D eigenvalue weighted by Gasteiger charge is -2.18. The van der Waals surface area contributed by atoms with Crippen LogP contribution in [0.4, 0.5) is 4.79 Å². The van der Waals surface area contributed by atoms with E-state index in [1.165, 1.54) is 12.3 Å². The summed E-state index contributed by atoms with van der Waals surface area (Å²) in [5, 5.41) is 14.2. The van der Waals surface area contributed by atoms with E-state index in [0.29, 0.717) is 5.56 Å². The van der Waals surface area contributed by atoms with E-state index in [2.05, 4.69) is 31.6 Å². The number of halogens is 1. The fraction of sp³-hybridized carbons (Fsp3) is 0.182. The maximum absolute atomic E-state index is 11.4. The second-order valence-electron chi connectivity index (χ2n) is 3.70. The molecule has 3 amide bonds. The summed E-state index contributed by atoms with van der Waals surface area (Å²) in [5.74, 6) is -0.383. The average Bonchev–Trinajstić information content (AvgIpc) is 2.32. The van der Waals surface area contributed by atoms with Gasteiger partial charge in [0.1, 0.15) is 11.8 Å². The first-order chi connectivity index (χ1) is 8.56. The molecular formula is C11H10BrN3O3. The van der Waals surface area contributed by atoms with E-state index in [0.717, 1.165) is 4.47 Å². The molecule has 7 heteroatoms. The number of carbonyl (C=O) groups is 2. The molecule has 1 saturated heterocycles. The topological polar surface area (TPSA) is 90.8 Å². The predicted octanol–water partition coefficient (Wildman–Crippen LogP) is 0.782. The van der Waals surface area contributed by atoms with Gasteiger partial charge in [0.25, 0.3) is 5.91 Å². The summed E-state index contributed by atoms with van der Waals surface area (Å²) in [7, 11) is 0. The Morgan fingerprint density at radius 1 is 1.44 bits per heavy atom. The largest absolute Gasteiger partial charge is 0.507 e. The number of urea groups is 1. The first-order valence-corrected chi connectivity index (χ1v) is 5.96. The number of phenols is 1. The van der Waals surface area contributed by atoms with E-state index < -0.39 is 18.0 Å². The van der Waals surface area contributed by atoms with Crippen LogP contribution in [0.1, 0.15) is 5.56 Å². The lowest BCUT2D eigenvalue weighted by atomic mass is 10.2. The minimum Gasteiger partial charge on any atom is -0.507 e. The van der Waals surface area contributed by atoms with Gasteiger partial charge in [-0.3, -0.25) is 15.1 Å². The van der Waals surface area contributed by atoms with Crippen molar-refractivity contribution in [1.29, 1.82) is 0 Å². The molecule has 0 bridgehead atoms. The Labute approximate surface area is 111 Å². The van der Waals surface area contributed by atoms with Crippen LogP contribution in [0.3, 0.4) is 0 Å². The number of rotatable bonds is 2. The lowest BCUT2D eigenvalue weighted by Crippen LogP contribution is -2.54. The first-order valence-electron chi connectivity index (χ1n) is 5.16. The van der Waals surface area contributed by atoms with Gasteiger partial charge in [-0.1, -0.05) is 15.9 Å². The maximum atomic E-state index is 11.4. The van der Waals surface area contributed by atoms with Crippen LogP contribution in [0.5, 0.6) is 5.75 Å². The predicted molar refractivity (Wildman–Crippen MR) is 68.7 cm³/mol. The molecule has 6 nitrogen and oxygen atoms in total. The first kappa shape index (κ1) is 12.6. The van der Waals surface area contributed by atoms with Crippen molar-refractivity contribution in [2.45, 2.75) is 6.04 Å². The number of nitrogens with zero attached hydrogens (tertiary/aromatic N) is 1. The molecule has 1 aromatic carbocycles. The van der Waals surface area contributed by atoms with E-state index in [1.54, 1.807) is 12.1 Å². The van der Waals surface area contributed by atoms with Gasteiger partial charge in [-0.15, -0.1) is 0 Å². The Bertz CT molecular complexity index is 530. The zero-order valence-electron chi connectivity index (χ0n) is 9.18. The van der Waals surface area contributed by atoms with Crippen molar-refractivity contribution in [3.63, 3.8) is 0 Å². The molecule has 3 N–H and O–H groups in total. The third-order valence-electron chi connectivity index (χ3n) is 2.38. The average molecular weight is 312 g/mol. The van der Waals surface area contributed by atoms with Gasteiger partial charge in [-0.2, -0.15) is 0 Å². The highest BCUT2D eigenvalue weighted by Gasteiger charge is 2.24. The maximum Gasteiger partial charge on any atom is 0.321 e. The van der Waals surface area contributed by atoms with Crippen molar-refractivity contribution in [1.82, 2.24) is 10.6 Å². The number of aromatic hydroxyl groups is 1. The zero-order chi connectivity index (χ0) is 13.1. The van der Waals surface area contributed by atoms with Crippen LogP contribution in [0.15, 0.2) is 27.7 Å². The van der Waals surface area contributed by atoms with Crippen LogP contribution in [-0.2, 0) is 4.79 Å². The molecule has 1 unspecified atom stereocenters. The summed E-state index contributed by atoms with van der Waals surface area (Å²) < 4.78 is 0.795. The van der Waals surface area contributed by atoms with Gasteiger partial charge in [-0.05, 0) is 18.2 Å². The highest BCUT2D eigenvalue weighted by Crippen LogP contribution is 2.20. The van der Waals surface area contributed by atoms with Gasteiger partial charge in [0.15, 0.2) is 0 Å². The molecule has 18 heavy (non-hydrogen) atoms. The summed E-state index contributed by atoms with van der Waals surface area (Å²) in [5.41, 5.74) is 0.495. The number of phenolic OH excluding ortho intramolecular Hbond substituents is 1. The molecule has 1 fully saturated rings. The van der Waals surface area contributed by atoms with Crippen molar-refractivity contribution >= 4 is 34.1 Å². The Morgan fingerprint density at radius 2 is 2.22 bits per heavy atom. The van der Waals surface area contributed by atoms with Gasteiger partial charge in [0, 0.05) is 16.3 Å². The standard InChI is InChI=1S/C11H10BrN3O3/c12-7-1-2-9(16)6(3-7)4-13-8-5-14-11(18)15-10(8)17/h1-4,8,16H,5H2,(H2,14,15,17,18). The van der Waals surface area contributed by atoms with E-state index >= 15 is 0 Å². The molecule has 1 aromatic rings. The number of aliphatic imine (C=N–C) groups is 1. The quantitative estimate of drug-likeness (QED) is 0.705. The number of hydrogen-bond acceptors (Lipinski definition) is 4. The summed E-state index contributed by atoms with van der Waals surface area (Å²) in [6.45, 7) is 0.149. The number of imide groups is 1. The highest BCUT2D eigenvalue weighted by molar-refractivity contribution is 9.10. The van der Waals surface area contributed by atoms with Crippen LogP contribution in [0.2, 0.25) is 0 Å². The van der Waals surface area contributed by atoms with Gasteiger partial charge in [0.05, 0.1) is 6.54 Å². The van der Waals surface area contributed by atoms with Crippen molar-refractivity contribution in [3.8, 4) is 5.75 Å². The van der Waals surface area contributed by atoms with Crippen LogP contribution in [0.25, 0.3) is 0 Å². The summed E-state index contributed by atoms with van der Waals surface area (Å²) >= 11 is 3.27. The molecule has 0 aliphatic carbocycles. The van der Waals surface area contributed by atoms with Crippen molar-refractivity contribution in [3.05, 3.63) is 28.2 Å². The van der Waals surface area contributed by atoms with Crippen LogP contribution in [-0.4, -0.2) is 35.8 Å². The third kappa shape index (κ3) is 2.86. The smallest absolute Gasteiger partial charge is 0.321 e. The Morgan fingerprint density at radius 3 is 2.94 bits per heavy atom. The minimum absolute atomic E-state index is 0.0715. The van der Waals surface area contributed by atoms with Crippen molar-refractivity contribution in [2.24, 2.45) is 4.99 Å². The van der Waals surface area contributed by atoms with Crippen LogP contribution >= 0.6 is 15.9 Å². The fourth-order valence-corrected chi connectivity index (χ4v) is 1.82. The number of hydrogen-bond donors (Lipinski definition) is 3. The van der Waals surface area contributed by atoms with E-state index in [4.69, 9.17) is 0 Å². The Kier molecular flexibility index (Phi) is 3.61. The van der Waals surface area contributed by atoms with Crippen molar-refractivity contribution in [2.75, 3.05) is 6.54 Å². The van der Waals surface area contributed by atoms with Gasteiger partial charge in [-0.25, -0.2) is 4.79 Å². The lowest BCUT2D eigenvalue weighted by molar-refractivity contribution is -0.121. The molecular weight excluding hydrogens is 302 g/mol. The van der Waals surface area contributed by atoms with Crippen LogP contribution in [0, 0.1) is 0 Å². The van der Waals surface area contributed by atoms with E-state index in [-0.39, 0.29) is 12.3 Å². The molecule has 1 aliphatic rings. The molecule has 2 rings (SSSR count). The molecule has 1 aliphatic heterocycles. The molecule has 1 atom stereocenters. The summed E-state index contributed by atoms with van der Waals surface area (Å²) in [6.07, 6.45) is 1.40. The monoisotopic (exact) mass is 311 g/mol. The minimum atomic E-state index is -0.680. The third-order valence-corrected chi connectivity index (χ3v) is 2.87.